The lowest BCUT2D eigenvalue weighted by atomic mass is 9.99. The van der Waals surface area contributed by atoms with E-state index in [0.29, 0.717) is 29.9 Å². The van der Waals surface area contributed by atoms with Gasteiger partial charge in [-0.3, -0.25) is 0 Å². The first-order chi connectivity index (χ1) is 22.6. The normalized spacial score (nSPS) is 11.2. The molecule has 11 heteroatoms. The quantitative estimate of drug-likeness (QED) is 0.116. The third kappa shape index (κ3) is 8.81. The van der Waals surface area contributed by atoms with Crippen molar-refractivity contribution in [2.75, 3.05) is 0 Å². The van der Waals surface area contributed by atoms with Crippen molar-refractivity contribution in [1.29, 1.82) is 0 Å². The van der Waals surface area contributed by atoms with Gasteiger partial charge in [-0.25, -0.2) is 27.7 Å². The highest BCUT2D eigenvalue weighted by molar-refractivity contribution is 7.90. The Labute approximate surface area is 280 Å². The Bertz CT molecular complexity index is 1950. The second-order valence-electron chi connectivity index (χ2n) is 11.5. The minimum Gasteiger partial charge on any atom is -0.478 e. The molecule has 0 unspecified atom stereocenters. The number of carbonyl (C=O) groups is 2. The Morgan fingerprint density at radius 1 is 0.708 bits per heavy atom. The summed E-state index contributed by atoms with van der Waals surface area (Å²) in [5, 5.41) is 23.0. The van der Waals surface area contributed by atoms with Gasteiger partial charge in [-0.15, -0.1) is 5.10 Å². The van der Waals surface area contributed by atoms with E-state index in [1.807, 2.05) is 36.4 Å². The van der Waals surface area contributed by atoms with Crippen LogP contribution in [0.1, 0.15) is 76.7 Å². The average Bonchev–Trinajstić information content (AvgIpc) is 3.48. The van der Waals surface area contributed by atoms with Gasteiger partial charge in [-0.05, 0) is 58.0 Å². The van der Waals surface area contributed by atoms with Crippen LogP contribution in [-0.2, 0) is 28.6 Å². The first-order valence-corrected chi connectivity index (χ1v) is 17.3. The van der Waals surface area contributed by atoms with Gasteiger partial charge in [0.2, 0.25) is 9.84 Å². The predicted molar refractivity (Wildman–Crippen MR) is 184 cm³/mol. The van der Waals surface area contributed by atoms with Crippen molar-refractivity contribution < 1.29 is 33.7 Å². The maximum Gasteiger partial charge on any atom is 0.336 e. The number of aromatic nitrogens is 3. The lowest BCUT2D eigenvalue weighted by Gasteiger charge is -2.09. The standard InChI is InChI=1S/C37H37N3O6S.H2O/c1-2-3-4-5-6-11-34-38-37(39-40(34)24-26-12-18-30(19-13-26)32-9-7-8-10-33(32)36(43)44)47(45,46)25-27-14-16-28(17-15-27)29-20-22-31(23-21-29)35(41)42;/h7-10,12-23H,2-6,11,24-25H2,1H3,(H,41,42)(H,43,44);1H2. The monoisotopic (exact) mass is 669 g/mol. The van der Waals surface area contributed by atoms with Crippen LogP contribution in [0.15, 0.2) is 102 Å². The molecule has 4 aromatic carbocycles. The largest absolute Gasteiger partial charge is 0.478 e. The molecule has 10 nitrogen and oxygen atoms in total. The number of benzene rings is 4. The molecule has 0 aliphatic rings. The van der Waals surface area contributed by atoms with E-state index in [-0.39, 0.29) is 27.5 Å². The number of nitrogens with zero attached hydrogens (tertiary/aromatic N) is 3. The molecule has 0 amide bonds. The molecule has 0 aliphatic heterocycles. The summed E-state index contributed by atoms with van der Waals surface area (Å²) in [6.07, 6.45) is 5.88. The van der Waals surface area contributed by atoms with Crippen molar-refractivity contribution in [3.8, 4) is 22.3 Å². The van der Waals surface area contributed by atoms with E-state index in [9.17, 15) is 23.1 Å². The minimum atomic E-state index is -3.86. The van der Waals surface area contributed by atoms with Crippen molar-refractivity contribution in [2.45, 2.75) is 62.9 Å². The molecule has 0 saturated heterocycles. The van der Waals surface area contributed by atoms with Gasteiger partial charge in [0.1, 0.15) is 5.82 Å². The molecule has 48 heavy (non-hydrogen) atoms. The number of unbranched alkanes of at least 4 members (excludes halogenated alkanes) is 4. The number of hydrogen-bond donors (Lipinski definition) is 2. The highest BCUT2D eigenvalue weighted by Crippen LogP contribution is 2.26. The van der Waals surface area contributed by atoms with Crippen molar-refractivity contribution in [3.05, 3.63) is 125 Å². The van der Waals surface area contributed by atoms with Crippen molar-refractivity contribution in [1.82, 2.24) is 14.8 Å². The molecule has 0 radical (unpaired) electrons. The van der Waals surface area contributed by atoms with E-state index < -0.39 is 21.8 Å². The van der Waals surface area contributed by atoms with E-state index in [2.05, 4.69) is 17.0 Å². The molecule has 0 atom stereocenters. The maximum absolute atomic E-state index is 13.5. The van der Waals surface area contributed by atoms with Crippen molar-refractivity contribution in [2.24, 2.45) is 0 Å². The average molecular weight is 670 g/mol. The second kappa shape index (κ2) is 16.1. The molecule has 0 aliphatic carbocycles. The zero-order valence-electron chi connectivity index (χ0n) is 26.7. The summed E-state index contributed by atoms with van der Waals surface area (Å²) in [5.41, 5.74) is 4.95. The van der Waals surface area contributed by atoms with Gasteiger partial charge in [0.05, 0.1) is 23.4 Å². The van der Waals surface area contributed by atoms with Gasteiger partial charge in [-0.2, -0.15) is 0 Å². The van der Waals surface area contributed by atoms with Crippen LogP contribution < -0.4 is 0 Å². The van der Waals surface area contributed by atoms with Gasteiger partial charge in [0, 0.05) is 6.42 Å². The molecule has 0 fully saturated rings. The third-order valence-corrected chi connectivity index (χ3v) is 9.48. The van der Waals surface area contributed by atoms with Crippen molar-refractivity contribution in [3.63, 3.8) is 0 Å². The van der Waals surface area contributed by atoms with Crippen LogP contribution in [0.4, 0.5) is 0 Å². The predicted octanol–water partition coefficient (Wildman–Crippen LogP) is 6.72. The summed E-state index contributed by atoms with van der Waals surface area (Å²) >= 11 is 0. The van der Waals surface area contributed by atoms with Crippen LogP contribution in [0.3, 0.4) is 0 Å². The van der Waals surface area contributed by atoms with Crippen LogP contribution in [0.5, 0.6) is 0 Å². The lowest BCUT2D eigenvalue weighted by Crippen LogP contribution is -2.09. The summed E-state index contributed by atoms with van der Waals surface area (Å²) in [4.78, 5) is 27.4. The van der Waals surface area contributed by atoms with Gasteiger partial charge >= 0.3 is 11.9 Å². The van der Waals surface area contributed by atoms with E-state index in [4.69, 9.17) is 5.11 Å². The van der Waals surface area contributed by atoms with E-state index >= 15 is 0 Å². The zero-order chi connectivity index (χ0) is 33.4. The van der Waals surface area contributed by atoms with E-state index in [1.54, 1.807) is 53.2 Å². The van der Waals surface area contributed by atoms with Gasteiger partial charge < -0.3 is 15.7 Å². The molecular formula is C37H39N3O7S. The SMILES string of the molecule is CCCCCCCc1nc(S(=O)(=O)Cc2ccc(-c3ccc(C(=O)O)cc3)cc2)nn1Cc1ccc(-c2ccccc2C(=O)O)cc1.O. The smallest absolute Gasteiger partial charge is 0.336 e. The van der Waals surface area contributed by atoms with Crippen LogP contribution in [0, 0.1) is 0 Å². The number of sulfone groups is 1. The van der Waals surface area contributed by atoms with Crippen LogP contribution in [0.25, 0.3) is 22.3 Å². The van der Waals surface area contributed by atoms with E-state index in [0.717, 1.165) is 54.4 Å². The molecule has 0 bridgehead atoms. The first kappa shape index (κ1) is 35.7. The molecule has 5 rings (SSSR count). The molecule has 250 valence electrons. The Morgan fingerprint density at radius 2 is 1.29 bits per heavy atom. The fourth-order valence-corrected chi connectivity index (χ4v) is 6.68. The fraction of sp³-hybridized carbons (Fsp3) is 0.243. The molecule has 1 aromatic heterocycles. The maximum atomic E-state index is 13.5. The minimum absolute atomic E-state index is 0. The Morgan fingerprint density at radius 3 is 1.92 bits per heavy atom. The van der Waals surface area contributed by atoms with Gasteiger partial charge in [0.25, 0.3) is 5.16 Å². The first-order valence-electron chi connectivity index (χ1n) is 15.7. The Kier molecular flexibility index (Phi) is 12.0. The highest BCUT2D eigenvalue weighted by atomic mass is 32.2. The number of aromatic carboxylic acids is 2. The molecule has 5 aromatic rings. The summed E-state index contributed by atoms with van der Waals surface area (Å²) in [6.45, 7) is 2.48. The van der Waals surface area contributed by atoms with E-state index in [1.165, 1.54) is 12.1 Å². The molecule has 4 N–H and O–H groups in total. The Hall–Kier alpha value is -5.13. The second-order valence-corrected chi connectivity index (χ2v) is 13.4. The van der Waals surface area contributed by atoms with Crippen molar-refractivity contribution >= 4 is 21.8 Å². The third-order valence-electron chi connectivity index (χ3n) is 8.04. The molecule has 0 saturated carbocycles. The summed E-state index contributed by atoms with van der Waals surface area (Å²) in [7, 11) is -3.86. The summed E-state index contributed by atoms with van der Waals surface area (Å²) in [6, 6.07) is 28.0. The van der Waals surface area contributed by atoms with Crippen LogP contribution in [0.2, 0.25) is 0 Å². The van der Waals surface area contributed by atoms with Gasteiger partial charge in [-0.1, -0.05) is 111 Å². The topological polar surface area (TPSA) is 171 Å². The summed E-state index contributed by atoms with van der Waals surface area (Å²) in [5.74, 6) is -1.64. The summed E-state index contributed by atoms with van der Waals surface area (Å²) < 4.78 is 28.7. The van der Waals surface area contributed by atoms with Crippen LogP contribution >= 0.6 is 0 Å². The van der Waals surface area contributed by atoms with Gasteiger partial charge in [0.15, 0.2) is 0 Å². The zero-order valence-corrected chi connectivity index (χ0v) is 27.5. The molecular weight excluding hydrogens is 630 g/mol. The Balaban J connectivity index is 0.00000520. The number of carboxylic acids is 2. The highest BCUT2D eigenvalue weighted by Gasteiger charge is 2.24. The number of hydrogen-bond acceptors (Lipinski definition) is 6. The number of rotatable bonds is 15. The van der Waals surface area contributed by atoms with Crippen LogP contribution in [-0.4, -0.2) is 50.8 Å². The molecule has 1 heterocycles. The fourth-order valence-electron chi connectivity index (χ4n) is 5.45. The lowest BCUT2D eigenvalue weighted by molar-refractivity contribution is 0.0686. The number of carboxylic acid groups (broad SMARTS) is 2. The molecule has 0 spiro atoms. The number of aryl methyl sites for hydroxylation is 1.